The molecular weight excluding hydrogens is 194 g/mol. The van der Waals surface area contributed by atoms with Crippen LogP contribution in [0.3, 0.4) is 0 Å². The van der Waals surface area contributed by atoms with E-state index in [1.807, 2.05) is 6.08 Å². The summed E-state index contributed by atoms with van der Waals surface area (Å²) in [5.41, 5.74) is 2.59. The summed E-state index contributed by atoms with van der Waals surface area (Å²) >= 11 is 0. The van der Waals surface area contributed by atoms with Crippen LogP contribution in [0.5, 0.6) is 0 Å². The second kappa shape index (κ2) is 5.51. The summed E-state index contributed by atoms with van der Waals surface area (Å²) in [5.74, 6) is 0.771. The molecule has 0 amide bonds. The molecule has 0 bridgehead atoms. The zero-order valence-corrected chi connectivity index (χ0v) is 9.52. The fourth-order valence-corrected chi connectivity index (χ4v) is 2.44. The van der Waals surface area contributed by atoms with E-state index in [1.165, 1.54) is 43.9 Å². The van der Waals surface area contributed by atoms with Crippen LogP contribution in [0.4, 0.5) is 0 Å². The van der Waals surface area contributed by atoms with Gasteiger partial charge in [0.25, 0.3) is 0 Å². The van der Waals surface area contributed by atoms with Gasteiger partial charge in [-0.25, -0.2) is 4.85 Å². The van der Waals surface area contributed by atoms with Gasteiger partial charge in [0.05, 0.1) is 6.57 Å². The Morgan fingerprint density at radius 1 is 1.06 bits per heavy atom. The van der Waals surface area contributed by atoms with E-state index >= 15 is 0 Å². The molecule has 0 unspecified atom stereocenters. The molecule has 1 aromatic rings. The van der Waals surface area contributed by atoms with Gasteiger partial charge >= 0.3 is 0 Å². The Labute approximate surface area is 97.6 Å². The second-order valence-corrected chi connectivity index (χ2v) is 4.45. The third-order valence-electron chi connectivity index (χ3n) is 3.35. The number of hydrogen-bond donors (Lipinski definition) is 0. The number of rotatable bonds is 2. The molecule has 0 heterocycles. The van der Waals surface area contributed by atoms with Crippen molar-refractivity contribution in [3.8, 4) is 0 Å². The molecule has 0 aliphatic heterocycles. The molecule has 0 atom stereocenters. The van der Waals surface area contributed by atoms with Crippen LogP contribution >= 0.6 is 0 Å². The quantitative estimate of drug-likeness (QED) is 0.628. The van der Waals surface area contributed by atoms with Crippen LogP contribution in [0, 0.1) is 6.57 Å². The molecule has 1 aliphatic carbocycles. The molecule has 0 radical (unpaired) electrons. The lowest BCUT2D eigenvalue weighted by molar-refractivity contribution is 0.443. The summed E-state index contributed by atoms with van der Waals surface area (Å²) in [6.07, 6.45) is 10.2. The van der Waals surface area contributed by atoms with Gasteiger partial charge in [0.1, 0.15) is 0 Å². The minimum Gasteiger partial charge on any atom is -0.246 e. The highest BCUT2D eigenvalue weighted by atomic mass is 14.6. The maximum absolute atomic E-state index is 6.69. The first-order valence-corrected chi connectivity index (χ1v) is 6.03. The molecule has 1 aliphatic rings. The molecule has 0 saturated heterocycles. The van der Waals surface area contributed by atoms with Crippen LogP contribution in [0.2, 0.25) is 0 Å². The van der Waals surface area contributed by atoms with E-state index in [4.69, 9.17) is 6.57 Å². The van der Waals surface area contributed by atoms with Crippen molar-refractivity contribution in [2.24, 2.45) is 0 Å². The first-order chi connectivity index (χ1) is 7.90. The van der Waals surface area contributed by atoms with E-state index < -0.39 is 0 Å². The smallest absolute Gasteiger partial charge is 0.154 e. The first-order valence-electron chi connectivity index (χ1n) is 6.03. The van der Waals surface area contributed by atoms with E-state index in [-0.39, 0.29) is 0 Å². The Kier molecular flexibility index (Phi) is 3.77. The zero-order valence-electron chi connectivity index (χ0n) is 9.52. The SMILES string of the molecule is [C-]#[N+]/C=C/c1ccc(C2CCCCC2)cc1. The Morgan fingerprint density at radius 2 is 1.75 bits per heavy atom. The molecule has 82 valence electrons. The average Bonchev–Trinajstić information content (AvgIpc) is 2.38. The molecule has 1 nitrogen and oxygen atoms in total. The molecule has 1 fully saturated rings. The largest absolute Gasteiger partial charge is 0.246 e. The van der Waals surface area contributed by atoms with Gasteiger partial charge in [0.15, 0.2) is 6.20 Å². The summed E-state index contributed by atoms with van der Waals surface area (Å²) in [5, 5.41) is 0. The van der Waals surface area contributed by atoms with Crippen molar-refractivity contribution in [3.63, 3.8) is 0 Å². The van der Waals surface area contributed by atoms with Gasteiger partial charge in [-0.2, -0.15) is 0 Å². The third kappa shape index (κ3) is 2.73. The van der Waals surface area contributed by atoms with Crippen molar-refractivity contribution >= 4 is 6.08 Å². The van der Waals surface area contributed by atoms with Crippen LogP contribution in [-0.2, 0) is 0 Å². The highest BCUT2D eigenvalue weighted by molar-refractivity contribution is 5.50. The van der Waals surface area contributed by atoms with Gasteiger partial charge in [0.2, 0.25) is 0 Å². The molecule has 1 aromatic carbocycles. The number of nitrogens with zero attached hydrogens (tertiary/aromatic N) is 1. The molecule has 1 heteroatoms. The highest BCUT2D eigenvalue weighted by Gasteiger charge is 2.14. The maximum atomic E-state index is 6.69. The van der Waals surface area contributed by atoms with E-state index in [1.54, 1.807) is 0 Å². The third-order valence-corrected chi connectivity index (χ3v) is 3.35. The first kappa shape index (κ1) is 11.0. The van der Waals surface area contributed by atoms with Crippen LogP contribution in [-0.4, -0.2) is 0 Å². The fourth-order valence-electron chi connectivity index (χ4n) is 2.44. The monoisotopic (exact) mass is 211 g/mol. The van der Waals surface area contributed by atoms with Gasteiger partial charge in [-0.05, 0) is 29.9 Å². The van der Waals surface area contributed by atoms with Crippen LogP contribution < -0.4 is 0 Å². The zero-order chi connectivity index (χ0) is 11.2. The molecule has 1 saturated carbocycles. The number of hydrogen-bond acceptors (Lipinski definition) is 0. The summed E-state index contributed by atoms with van der Waals surface area (Å²) in [6.45, 7) is 6.69. The van der Waals surface area contributed by atoms with Crippen molar-refractivity contribution in [1.29, 1.82) is 0 Å². The standard InChI is InChI=1S/C15H17N/c1-16-12-11-13-7-9-15(10-8-13)14-5-3-2-4-6-14/h7-12,14H,2-6H2/b12-11+. The fraction of sp³-hybridized carbons (Fsp3) is 0.400. The Hall–Kier alpha value is -1.55. The van der Waals surface area contributed by atoms with Crippen LogP contribution in [0.25, 0.3) is 10.9 Å². The predicted molar refractivity (Wildman–Crippen MR) is 67.9 cm³/mol. The minimum absolute atomic E-state index is 0.771. The van der Waals surface area contributed by atoms with Crippen molar-refractivity contribution in [3.05, 3.63) is 53.0 Å². The van der Waals surface area contributed by atoms with Crippen molar-refractivity contribution < 1.29 is 0 Å². The lowest BCUT2D eigenvalue weighted by Gasteiger charge is -2.21. The van der Waals surface area contributed by atoms with E-state index in [2.05, 4.69) is 29.1 Å². The minimum atomic E-state index is 0.771. The summed E-state index contributed by atoms with van der Waals surface area (Å²) in [7, 11) is 0. The van der Waals surface area contributed by atoms with Crippen LogP contribution in [0.1, 0.15) is 49.1 Å². The number of benzene rings is 1. The van der Waals surface area contributed by atoms with Gasteiger partial charge in [-0.3, -0.25) is 0 Å². The molecular formula is C15H17N. The Balaban J connectivity index is 2.06. The highest BCUT2D eigenvalue weighted by Crippen LogP contribution is 2.32. The topological polar surface area (TPSA) is 4.36 Å². The summed E-state index contributed by atoms with van der Waals surface area (Å²) in [6, 6.07) is 8.68. The lowest BCUT2D eigenvalue weighted by Crippen LogP contribution is -2.04. The Bertz CT molecular complexity index is 388. The van der Waals surface area contributed by atoms with Gasteiger partial charge < -0.3 is 0 Å². The van der Waals surface area contributed by atoms with Crippen molar-refractivity contribution in [2.75, 3.05) is 0 Å². The second-order valence-electron chi connectivity index (χ2n) is 4.45. The normalized spacial score (nSPS) is 17.4. The van der Waals surface area contributed by atoms with Gasteiger partial charge in [0, 0.05) is 0 Å². The molecule has 0 spiro atoms. The summed E-state index contributed by atoms with van der Waals surface area (Å²) < 4.78 is 0. The van der Waals surface area contributed by atoms with Crippen LogP contribution in [0.15, 0.2) is 30.5 Å². The van der Waals surface area contributed by atoms with Gasteiger partial charge in [-0.15, -0.1) is 0 Å². The van der Waals surface area contributed by atoms with E-state index in [0.717, 1.165) is 11.5 Å². The van der Waals surface area contributed by atoms with Crippen molar-refractivity contribution in [2.45, 2.75) is 38.0 Å². The average molecular weight is 211 g/mol. The van der Waals surface area contributed by atoms with Gasteiger partial charge in [-0.1, -0.05) is 49.6 Å². The van der Waals surface area contributed by atoms with E-state index in [9.17, 15) is 0 Å². The Morgan fingerprint density at radius 3 is 2.38 bits per heavy atom. The summed E-state index contributed by atoms with van der Waals surface area (Å²) in [4.78, 5) is 3.21. The van der Waals surface area contributed by atoms with Crippen molar-refractivity contribution in [1.82, 2.24) is 0 Å². The molecule has 16 heavy (non-hydrogen) atoms. The molecule has 2 rings (SSSR count). The maximum Gasteiger partial charge on any atom is 0.154 e. The predicted octanol–water partition coefficient (Wildman–Crippen LogP) is 4.62. The van der Waals surface area contributed by atoms with E-state index in [0.29, 0.717) is 0 Å². The molecule has 0 aromatic heterocycles. The molecule has 0 N–H and O–H groups in total. The lowest BCUT2D eigenvalue weighted by atomic mass is 9.84.